The number of aliphatic carboxylic acids is 1. The molecule has 0 fully saturated rings. The minimum absolute atomic E-state index is 0.328. The first-order chi connectivity index (χ1) is 9.40. The van der Waals surface area contributed by atoms with E-state index in [0.717, 1.165) is 19.5 Å². The van der Waals surface area contributed by atoms with Gasteiger partial charge in [0.15, 0.2) is 0 Å². The van der Waals surface area contributed by atoms with E-state index in [4.69, 9.17) is 5.11 Å². The Morgan fingerprint density at radius 2 is 1.90 bits per heavy atom. The lowest BCUT2D eigenvalue weighted by atomic mass is 10.1. The molecule has 1 rings (SSSR count). The van der Waals surface area contributed by atoms with Crippen LogP contribution in [0.2, 0.25) is 0 Å². The molecule has 0 radical (unpaired) electrons. The lowest BCUT2D eigenvalue weighted by Crippen LogP contribution is -2.33. The molecule has 0 heterocycles. The Balaban J connectivity index is 2.71. The second-order valence-electron chi connectivity index (χ2n) is 6.08. The van der Waals surface area contributed by atoms with Crippen LogP contribution in [-0.4, -0.2) is 29.1 Å². The molecule has 0 saturated carbocycles. The zero-order valence-electron chi connectivity index (χ0n) is 13.1. The second kappa shape index (κ2) is 8.05. The fraction of sp³-hybridized carbons (Fsp3) is 0.588. The van der Waals surface area contributed by atoms with E-state index < -0.39 is 5.97 Å². The summed E-state index contributed by atoms with van der Waals surface area (Å²) in [5.41, 5.74) is 2.55. The molecule has 3 nitrogen and oxygen atoms in total. The second-order valence-corrected chi connectivity index (χ2v) is 6.08. The van der Waals surface area contributed by atoms with Crippen molar-refractivity contribution in [2.45, 2.75) is 40.7 Å². The molecule has 1 aromatic carbocycles. The number of rotatable bonds is 8. The van der Waals surface area contributed by atoms with Gasteiger partial charge < -0.3 is 5.11 Å². The zero-order valence-corrected chi connectivity index (χ0v) is 13.1. The Morgan fingerprint density at radius 3 is 2.45 bits per heavy atom. The van der Waals surface area contributed by atoms with Gasteiger partial charge in [-0.3, -0.25) is 9.69 Å². The van der Waals surface area contributed by atoms with Gasteiger partial charge in [0.05, 0.1) is 5.92 Å². The van der Waals surface area contributed by atoms with Gasteiger partial charge in [-0.05, 0) is 36.9 Å². The Hall–Kier alpha value is -1.35. The van der Waals surface area contributed by atoms with Gasteiger partial charge in [-0.1, -0.05) is 45.0 Å². The Labute approximate surface area is 122 Å². The molecule has 1 unspecified atom stereocenters. The predicted octanol–water partition coefficient (Wildman–Crippen LogP) is 3.56. The van der Waals surface area contributed by atoms with Crippen LogP contribution in [0, 0.1) is 18.8 Å². The summed E-state index contributed by atoms with van der Waals surface area (Å²) in [5, 5.41) is 9.10. The summed E-state index contributed by atoms with van der Waals surface area (Å²) in [5.74, 6) is -0.412. The van der Waals surface area contributed by atoms with Gasteiger partial charge in [-0.15, -0.1) is 0 Å². The van der Waals surface area contributed by atoms with E-state index in [0.29, 0.717) is 12.5 Å². The van der Waals surface area contributed by atoms with E-state index in [9.17, 15) is 4.79 Å². The number of carboxylic acids is 1. The molecule has 1 atom stereocenters. The normalized spacial score (nSPS) is 12.9. The fourth-order valence-electron chi connectivity index (χ4n) is 2.17. The predicted molar refractivity (Wildman–Crippen MR) is 82.7 cm³/mol. The van der Waals surface area contributed by atoms with Gasteiger partial charge in [0, 0.05) is 13.1 Å². The standard InChI is InChI=1S/C17H27NO2/c1-13(2)9-10-18(11-15(4)17(19)20)12-16-8-6-5-7-14(16)3/h5-8,13,15H,9-12H2,1-4H3,(H,19,20). The number of carboxylic acid groups (broad SMARTS) is 1. The van der Waals surface area contributed by atoms with Crippen LogP contribution in [-0.2, 0) is 11.3 Å². The van der Waals surface area contributed by atoms with Crippen molar-refractivity contribution in [2.24, 2.45) is 11.8 Å². The third kappa shape index (κ3) is 5.74. The first-order valence-electron chi connectivity index (χ1n) is 7.39. The van der Waals surface area contributed by atoms with Crippen LogP contribution in [0.3, 0.4) is 0 Å². The van der Waals surface area contributed by atoms with Crippen LogP contribution < -0.4 is 0 Å². The molecule has 0 aromatic heterocycles. The van der Waals surface area contributed by atoms with Gasteiger partial charge in [0.2, 0.25) is 0 Å². The van der Waals surface area contributed by atoms with Crippen LogP contribution in [0.5, 0.6) is 0 Å². The highest BCUT2D eigenvalue weighted by atomic mass is 16.4. The van der Waals surface area contributed by atoms with Gasteiger partial charge in [-0.25, -0.2) is 0 Å². The fourth-order valence-corrected chi connectivity index (χ4v) is 2.17. The SMILES string of the molecule is Cc1ccccc1CN(CCC(C)C)CC(C)C(=O)O. The molecule has 0 aliphatic carbocycles. The average molecular weight is 277 g/mol. The van der Waals surface area contributed by atoms with Gasteiger partial charge >= 0.3 is 5.97 Å². The van der Waals surface area contributed by atoms with Crippen molar-refractivity contribution in [3.63, 3.8) is 0 Å². The van der Waals surface area contributed by atoms with Gasteiger partial charge in [0.25, 0.3) is 0 Å². The van der Waals surface area contributed by atoms with Crippen LogP contribution in [0.1, 0.15) is 38.3 Å². The Bertz CT molecular complexity index is 429. The Kier molecular flexibility index (Phi) is 6.73. The van der Waals surface area contributed by atoms with Crippen molar-refractivity contribution in [3.05, 3.63) is 35.4 Å². The molecule has 0 saturated heterocycles. The summed E-state index contributed by atoms with van der Waals surface area (Å²) < 4.78 is 0. The lowest BCUT2D eigenvalue weighted by molar-refractivity contribution is -0.141. The van der Waals surface area contributed by atoms with E-state index in [1.165, 1.54) is 11.1 Å². The molecule has 0 amide bonds. The van der Waals surface area contributed by atoms with Crippen LogP contribution in [0.4, 0.5) is 0 Å². The van der Waals surface area contributed by atoms with E-state index in [1.54, 1.807) is 6.92 Å². The lowest BCUT2D eigenvalue weighted by Gasteiger charge is -2.25. The van der Waals surface area contributed by atoms with Crippen molar-refractivity contribution >= 4 is 5.97 Å². The topological polar surface area (TPSA) is 40.5 Å². The van der Waals surface area contributed by atoms with Crippen molar-refractivity contribution in [3.8, 4) is 0 Å². The number of nitrogens with zero attached hydrogens (tertiary/aromatic N) is 1. The van der Waals surface area contributed by atoms with Crippen LogP contribution in [0.25, 0.3) is 0 Å². The molecular formula is C17H27NO2. The van der Waals surface area contributed by atoms with Gasteiger partial charge in [0.1, 0.15) is 0 Å². The molecule has 112 valence electrons. The van der Waals surface area contributed by atoms with Gasteiger partial charge in [-0.2, -0.15) is 0 Å². The third-order valence-corrected chi connectivity index (χ3v) is 3.63. The first-order valence-corrected chi connectivity index (χ1v) is 7.39. The summed E-state index contributed by atoms with van der Waals surface area (Å²) in [7, 11) is 0. The minimum Gasteiger partial charge on any atom is -0.481 e. The van der Waals surface area contributed by atoms with Crippen LogP contribution >= 0.6 is 0 Å². The molecule has 20 heavy (non-hydrogen) atoms. The maximum Gasteiger partial charge on any atom is 0.307 e. The molecule has 3 heteroatoms. The highest BCUT2D eigenvalue weighted by Gasteiger charge is 2.17. The van der Waals surface area contributed by atoms with Crippen molar-refractivity contribution in [1.29, 1.82) is 0 Å². The highest BCUT2D eigenvalue weighted by molar-refractivity contribution is 5.69. The number of hydrogen-bond donors (Lipinski definition) is 1. The van der Waals surface area contributed by atoms with Crippen LogP contribution in [0.15, 0.2) is 24.3 Å². The van der Waals surface area contributed by atoms with E-state index in [1.807, 2.05) is 12.1 Å². The molecule has 1 N–H and O–H groups in total. The summed E-state index contributed by atoms with van der Waals surface area (Å²) in [6.07, 6.45) is 1.10. The summed E-state index contributed by atoms with van der Waals surface area (Å²) in [6.45, 7) is 10.7. The Morgan fingerprint density at radius 1 is 1.25 bits per heavy atom. The summed E-state index contributed by atoms with van der Waals surface area (Å²) >= 11 is 0. The highest BCUT2D eigenvalue weighted by Crippen LogP contribution is 2.14. The summed E-state index contributed by atoms with van der Waals surface area (Å²) in [6, 6.07) is 8.32. The monoisotopic (exact) mass is 277 g/mol. The number of aryl methyl sites for hydroxylation is 1. The zero-order chi connectivity index (χ0) is 15.1. The van der Waals surface area contributed by atoms with E-state index >= 15 is 0 Å². The molecule has 0 aliphatic heterocycles. The quantitative estimate of drug-likeness (QED) is 0.790. The smallest absolute Gasteiger partial charge is 0.307 e. The largest absolute Gasteiger partial charge is 0.481 e. The average Bonchev–Trinajstić information content (AvgIpc) is 2.38. The maximum atomic E-state index is 11.1. The number of carbonyl (C=O) groups is 1. The molecular weight excluding hydrogens is 250 g/mol. The minimum atomic E-state index is -0.718. The van der Waals surface area contributed by atoms with Crippen molar-refractivity contribution in [2.75, 3.05) is 13.1 Å². The first kappa shape index (κ1) is 16.7. The molecule has 1 aromatic rings. The van der Waals surface area contributed by atoms with E-state index in [2.05, 4.69) is 37.8 Å². The molecule has 0 spiro atoms. The third-order valence-electron chi connectivity index (χ3n) is 3.63. The number of hydrogen-bond acceptors (Lipinski definition) is 2. The van der Waals surface area contributed by atoms with E-state index in [-0.39, 0.29) is 5.92 Å². The van der Waals surface area contributed by atoms with Crippen molar-refractivity contribution < 1.29 is 9.90 Å². The summed E-state index contributed by atoms with van der Waals surface area (Å²) in [4.78, 5) is 13.3. The maximum absolute atomic E-state index is 11.1. The molecule has 0 bridgehead atoms. The van der Waals surface area contributed by atoms with Crippen molar-refractivity contribution in [1.82, 2.24) is 4.90 Å². The molecule has 0 aliphatic rings. The number of benzene rings is 1.